The summed E-state index contributed by atoms with van der Waals surface area (Å²) in [4.78, 5) is 3.40. The van der Waals surface area contributed by atoms with E-state index >= 15 is 0 Å². The van der Waals surface area contributed by atoms with Gasteiger partial charge in [0, 0.05) is 11.2 Å². The summed E-state index contributed by atoms with van der Waals surface area (Å²) >= 11 is 0. The number of nitrogens with two attached hydrogens (primary N) is 1. The lowest BCUT2D eigenvalue weighted by molar-refractivity contribution is 0.717. The normalized spacial score (nSPS) is 18.7. The van der Waals surface area contributed by atoms with E-state index in [2.05, 4.69) is 36.2 Å². The number of aromatic amines is 1. The van der Waals surface area contributed by atoms with Gasteiger partial charge < -0.3 is 10.7 Å². The molecule has 2 heteroatoms. The third-order valence-corrected chi connectivity index (χ3v) is 3.10. The lowest BCUT2D eigenvalue weighted by Gasteiger charge is -2.03. The second-order valence-corrected chi connectivity index (χ2v) is 4.43. The van der Waals surface area contributed by atoms with E-state index in [1.807, 2.05) is 0 Å². The number of hydrogen-bond acceptors (Lipinski definition) is 1. The average Bonchev–Trinajstić information content (AvgIpc) is 2.77. The monoisotopic (exact) mass is 186 g/mol. The predicted octanol–water partition coefficient (Wildman–Crippen LogP) is 2.42. The predicted molar refractivity (Wildman–Crippen MR) is 58.1 cm³/mol. The van der Waals surface area contributed by atoms with Crippen LogP contribution < -0.4 is 5.73 Å². The van der Waals surface area contributed by atoms with Crippen molar-refractivity contribution < 1.29 is 0 Å². The summed E-state index contributed by atoms with van der Waals surface area (Å²) in [5, 5.41) is 1.27. The molecule has 0 radical (unpaired) electrons. The highest BCUT2D eigenvalue weighted by Crippen LogP contribution is 2.42. The number of nitrogens with one attached hydrogen (secondary N) is 1. The van der Waals surface area contributed by atoms with Crippen molar-refractivity contribution in [1.82, 2.24) is 4.98 Å². The molecule has 1 aliphatic carbocycles. The maximum absolute atomic E-state index is 6.14. The van der Waals surface area contributed by atoms with E-state index < -0.39 is 0 Å². The molecule has 0 atom stereocenters. The molecule has 3 N–H and O–H groups in total. The van der Waals surface area contributed by atoms with Gasteiger partial charge in [0.05, 0.1) is 5.54 Å². The summed E-state index contributed by atoms with van der Waals surface area (Å²) in [6.45, 7) is 2.11. The van der Waals surface area contributed by atoms with Crippen LogP contribution >= 0.6 is 0 Å². The van der Waals surface area contributed by atoms with Gasteiger partial charge in [-0.3, -0.25) is 0 Å². The number of fused-ring (bicyclic) bond motifs is 1. The molecular weight excluding hydrogens is 172 g/mol. The van der Waals surface area contributed by atoms with E-state index in [1.165, 1.54) is 22.2 Å². The molecule has 1 aliphatic rings. The van der Waals surface area contributed by atoms with Gasteiger partial charge in [-0.2, -0.15) is 0 Å². The molecule has 14 heavy (non-hydrogen) atoms. The van der Waals surface area contributed by atoms with E-state index in [-0.39, 0.29) is 5.54 Å². The maximum atomic E-state index is 6.14. The smallest absolute Gasteiger partial charge is 0.0563 e. The number of H-pyrrole nitrogens is 1. The first-order valence-corrected chi connectivity index (χ1v) is 5.06. The summed E-state index contributed by atoms with van der Waals surface area (Å²) < 4.78 is 0. The topological polar surface area (TPSA) is 41.8 Å². The molecule has 0 unspecified atom stereocenters. The first-order chi connectivity index (χ1) is 6.67. The highest BCUT2D eigenvalue weighted by molar-refractivity contribution is 5.81. The van der Waals surface area contributed by atoms with Crippen molar-refractivity contribution in [2.45, 2.75) is 25.3 Å². The Hall–Kier alpha value is -1.28. The van der Waals surface area contributed by atoms with Crippen LogP contribution in [0.5, 0.6) is 0 Å². The Morgan fingerprint density at radius 3 is 2.79 bits per heavy atom. The van der Waals surface area contributed by atoms with Crippen LogP contribution in [-0.2, 0) is 5.54 Å². The van der Waals surface area contributed by atoms with Crippen LogP contribution in [0.4, 0.5) is 0 Å². The Kier molecular flexibility index (Phi) is 1.38. The summed E-state index contributed by atoms with van der Waals surface area (Å²) in [7, 11) is 0. The number of hydrogen-bond donors (Lipinski definition) is 2. The largest absolute Gasteiger partial charge is 0.357 e. The quantitative estimate of drug-likeness (QED) is 0.705. The Balaban J connectivity index is 2.20. The van der Waals surface area contributed by atoms with Crippen LogP contribution in [0, 0.1) is 6.92 Å². The van der Waals surface area contributed by atoms with Gasteiger partial charge in [-0.1, -0.05) is 11.6 Å². The lowest BCUT2D eigenvalue weighted by atomic mass is 10.1. The third kappa shape index (κ3) is 1.07. The molecule has 0 amide bonds. The molecule has 1 fully saturated rings. The third-order valence-electron chi connectivity index (χ3n) is 3.10. The average molecular weight is 186 g/mol. The zero-order valence-electron chi connectivity index (χ0n) is 8.30. The van der Waals surface area contributed by atoms with Crippen LogP contribution in [0.3, 0.4) is 0 Å². The second kappa shape index (κ2) is 2.39. The fourth-order valence-corrected chi connectivity index (χ4v) is 1.92. The number of benzene rings is 1. The highest BCUT2D eigenvalue weighted by Gasteiger charge is 2.41. The molecule has 2 nitrogen and oxygen atoms in total. The van der Waals surface area contributed by atoms with Crippen molar-refractivity contribution in [3.05, 3.63) is 35.5 Å². The Morgan fingerprint density at radius 2 is 2.07 bits per heavy atom. The fraction of sp³-hybridized carbons (Fsp3) is 0.333. The molecule has 72 valence electrons. The van der Waals surface area contributed by atoms with Crippen molar-refractivity contribution in [3.8, 4) is 0 Å². The molecule has 0 spiro atoms. The van der Waals surface area contributed by atoms with E-state index in [9.17, 15) is 0 Å². The zero-order valence-corrected chi connectivity index (χ0v) is 8.30. The molecule has 1 aromatic heterocycles. The Labute approximate surface area is 83.1 Å². The lowest BCUT2D eigenvalue weighted by Crippen LogP contribution is -2.18. The molecule has 0 bridgehead atoms. The summed E-state index contributed by atoms with van der Waals surface area (Å²) in [5.41, 5.74) is 9.78. The molecule has 1 aromatic carbocycles. The Morgan fingerprint density at radius 1 is 1.29 bits per heavy atom. The van der Waals surface area contributed by atoms with E-state index in [4.69, 9.17) is 5.73 Å². The van der Waals surface area contributed by atoms with Crippen LogP contribution in [0.15, 0.2) is 24.3 Å². The molecule has 0 aliphatic heterocycles. The van der Waals surface area contributed by atoms with Crippen molar-refractivity contribution in [2.75, 3.05) is 0 Å². The Bertz CT molecular complexity index is 492. The van der Waals surface area contributed by atoms with Gasteiger partial charge in [0.1, 0.15) is 0 Å². The molecule has 1 heterocycles. The van der Waals surface area contributed by atoms with Gasteiger partial charge >= 0.3 is 0 Å². The number of aromatic nitrogens is 1. The highest BCUT2D eigenvalue weighted by atomic mass is 14.9. The van der Waals surface area contributed by atoms with Gasteiger partial charge in [-0.25, -0.2) is 0 Å². The minimum Gasteiger partial charge on any atom is -0.357 e. The fourth-order valence-electron chi connectivity index (χ4n) is 1.92. The van der Waals surface area contributed by atoms with E-state index in [0.717, 1.165) is 12.8 Å². The second-order valence-electron chi connectivity index (χ2n) is 4.43. The SMILES string of the molecule is Cc1ccc2[nH]c(C3(N)CC3)cc2c1. The molecular formula is C12H14N2. The zero-order chi connectivity index (χ0) is 9.76. The maximum Gasteiger partial charge on any atom is 0.0563 e. The number of aryl methyl sites for hydroxylation is 1. The van der Waals surface area contributed by atoms with Gasteiger partial charge in [-0.15, -0.1) is 0 Å². The van der Waals surface area contributed by atoms with Crippen LogP contribution in [0.1, 0.15) is 24.1 Å². The first kappa shape index (κ1) is 8.06. The summed E-state index contributed by atoms with van der Waals surface area (Å²) in [5.74, 6) is 0. The molecule has 2 aromatic rings. The van der Waals surface area contributed by atoms with Gasteiger partial charge in [0.25, 0.3) is 0 Å². The molecule has 3 rings (SSSR count). The first-order valence-electron chi connectivity index (χ1n) is 5.06. The van der Waals surface area contributed by atoms with Gasteiger partial charge in [0.15, 0.2) is 0 Å². The van der Waals surface area contributed by atoms with Crippen molar-refractivity contribution in [1.29, 1.82) is 0 Å². The minimum atomic E-state index is -0.0487. The van der Waals surface area contributed by atoms with Crippen molar-refractivity contribution >= 4 is 10.9 Å². The molecule has 0 saturated heterocycles. The van der Waals surface area contributed by atoms with Crippen molar-refractivity contribution in [3.63, 3.8) is 0 Å². The van der Waals surface area contributed by atoms with Crippen LogP contribution in [-0.4, -0.2) is 4.98 Å². The summed E-state index contributed by atoms with van der Waals surface area (Å²) in [6.07, 6.45) is 2.22. The van der Waals surface area contributed by atoms with E-state index in [0.29, 0.717) is 0 Å². The van der Waals surface area contributed by atoms with Crippen molar-refractivity contribution in [2.24, 2.45) is 5.73 Å². The number of rotatable bonds is 1. The van der Waals surface area contributed by atoms with Gasteiger partial charge in [-0.05, 0) is 43.4 Å². The van der Waals surface area contributed by atoms with Crippen LogP contribution in [0.2, 0.25) is 0 Å². The van der Waals surface area contributed by atoms with Gasteiger partial charge in [0.2, 0.25) is 0 Å². The summed E-state index contributed by atoms with van der Waals surface area (Å²) in [6, 6.07) is 8.63. The standard InChI is InChI=1S/C12H14N2/c1-8-2-3-10-9(6-8)7-11(14-10)12(13)4-5-12/h2-3,6-7,14H,4-5,13H2,1H3. The van der Waals surface area contributed by atoms with Crippen LogP contribution in [0.25, 0.3) is 10.9 Å². The minimum absolute atomic E-state index is 0.0487. The molecule has 1 saturated carbocycles. The van der Waals surface area contributed by atoms with E-state index in [1.54, 1.807) is 0 Å².